The van der Waals surface area contributed by atoms with Gasteiger partial charge in [0.05, 0.1) is 18.4 Å². The van der Waals surface area contributed by atoms with Gasteiger partial charge in [0.2, 0.25) is 15.9 Å². The van der Waals surface area contributed by atoms with Gasteiger partial charge in [-0.25, -0.2) is 8.42 Å². The molecule has 3 aliphatic rings. The van der Waals surface area contributed by atoms with Gasteiger partial charge in [-0.15, -0.1) is 0 Å². The van der Waals surface area contributed by atoms with Gasteiger partial charge in [0.1, 0.15) is 22.4 Å². The standard InChI is InChI=1S/C30H36N4O6S/c1-20-25(21(2)40-32-20)19-33-13-10-30(11-14-33)12-15-39-27-16-23(22-6-4-3-5-7-22)8-9-28(27)41(37,38)34-18-24(35)17-26(34)29(36)31-30/h3-9,16,24,26,35H,10-15,17-19H2,1-2H3,(H,31,36)/t24-,26+/m1/s1. The maximum atomic E-state index is 13.9. The van der Waals surface area contributed by atoms with Crippen LogP contribution in [0.25, 0.3) is 11.1 Å². The number of carbonyl (C=O) groups is 1. The van der Waals surface area contributed by atoms with Crippen molar-refractivity contribution in [2.45, 2.75) is 68.7 Å². The van der Waals surface area contributed by atoms with Crippen molar-refractivity contribution in [2.24, 2.45) is 0 Å². The topological polar surface area (TPSA) is 125 Å². The van der Waals surface area contributed by atoms with Crippen LogP contribution in [0, 0.1) is 13.8 Å². The molecule has 218 valence electrons. The number of piperidine rings is 1. The quantitative estimate of drug-likeness (QED) is 0.485. The lowest BCUT2D eigenvalue weighted by atomic mass is 9.84. The minimum absolute atomic E-state index is 0.00862. The Hall–Kier alpha value is -3.25. The van der Waals surface area contributed by atoms with Crippen molar-refractivity contribution in [3.8, 4) is 16.9 Å². The largest absolute Gasteiger partial charge is 0.492 e. The van der Waals surface area contributed by atoms with Crippen LogP contribution in [0.3, 0.4) is 0 Å². The highest BCUT2D eigenvalue weighted by Gasteiger charge is 2.47. The lowest BCUT2D eigenvalue weighted by molar-refractivity contribution is -0.127. The van der Waals surface area contributed by atoms with E-state index < -0.39 is 27.7 Å². The van der Waals surface area contributed by atoms with Crippen LogP contribution in [0.4, 0.5) is 0 Å². The molecule has 3 aliphatic heterocycles. The number of aromatic nitrogens is 1. The van der Waals surface area contributed by atoms with Crippen LogP contribution in [0.15, 0.2) is 57.9 Å². The molecule has 1 spiro atoms. The van der Waals surface area contributed by atoms with Crippen molar-refractivity contribution in [3.63, 3.8) is 0 Å². The number of sulfonamides is 1. The van der Waals surface area contributed by atoms with Gasteiger partial charge >= 0.3 is 0 Å². The molecular weight excluding hydrogens is 544 g/mol. The Morgan fingerprint density at radius 2 is 1.83 bits per heavy atom. The Labute approximate surface area is 240 Å². The number of rotatable bonds is 3. The molecule has 6 rings (SSSR count). The molecule has 0 saturated carbocycles. The summed E-state index contributed by atoms with van der Waals surface area (Å²) < 4.78 is 40.6. The van der Waals surface area contributed by atoms with Crippen LogP contribution >= 0.6 is 0 Å². The Bertz CT molecular complexity index is 1510. The third kappa shape index (κ3) is 5.39. The maximum absolute atomic E-state index is 13.9. The molecular formula is C30H36N4O6S. The highest BCUT2D eigenvalue weighted by atomic mass is 32.2. The number of amides is 1. The zero-order valence-electron chi connectivity index (χ0n) is 23.4. The maximum Gasteiger partial charge on any atom is 0.247 e. The monoisotopic (exact) mass is 580 g/mol. The smallest absolute Gasteiger partial charge is 0.247 e. The first kappa shape index (κ1) is 27.9. The number of hydrogen-bond acceptors (Lipinski definition) is 8. The fourth-order valence-corrected chi connectivity index (χ4v) is 8.04. The summed E-state index contributed by atoms with van der Waals surface area (Å²) in [5, 5.41) is 17.8. The van der Waals surface area contributed by atoms with Crippen molar-refractivity contribution in [2.75, 3.05) is 26.2 Å². The first-order valence-corrected chi connectivity index (χ1v) is 15.6. The van der Waals surface area contributed by atoms with E-state index in [9.17, 15) is 18.3 Å². The number of carbonyl (C=O) groups excluding carboxylic acids is 1. The highest BCUT2D eigenvalue weighted by Crippen LogP contribution is 2.37. The summed E-state index contributed by atoms with van der Waals surface area (Å²) in [6.07, 6.45) is 1.03. The second-order valence-corrected chi connectivity index (χ2v) is 13.3. The number of hydrogen-bond donors (Lipinski definition) is 2. The lowest BCUT2D eigenvalue weighted by Crippen LogP contribution is -2.59. The molecule has 0 radical (unpaired) electrons. The molecule has 1 amide bonds. The predicted molar refractivity (Wildman–Crippen MR) is 152 cm³/mol. The molecule has 0 aliphatic carbocycles. The third-order valence-corrected chi connectivity index (χ3v) is 10.7. The van der Waals surface area contributed by atoms with E-state index in [-0.39, 0.29) is 36.1 Å². The zero-order valence-corrected chi connectivity index (χ0v) is 24.2. The number of fused-ring (bicyclic) bond motifs is 2. The molecule has 10 nitrogen and oxygen atoms in total. The van der Waals surface area contributed by atoms with Crippen molar-refractivity contribution in [3.05, 3.63) is 65.5 Å². The van der Waals surface area contributed by atoms with Gasteiger partial charge in [0.25, 0.3) is 0 Å². The van der Waals surface area contributed by atoms with Crippen molar-refractivity contribution in [1.82, 2.24) is 19.7 Å². The normalized spacial score (nSPS) is 24.6. The Morgan fingerprint density at radius 1 is 1.07 bits per heavy atom. The molecule has 41 heavy (non-hydrogen) atoms. The van der Waals surface area contributed by atoms with E-state index in [0.717, 1.165) is 52.1 Å². The zero-order chi connectivity index (χ0) is 28.8. The van der Waals surface area contributed by atoms with Crippen molar-refractivity contribution in [1.29, 1.82) is 0 Å². The number of benzene rings is 2. The molecule has 2 atom stereocenters. The highest BCUT2D eigenvalue weighted by molar-refractivity contribution is 7.89. The lowest BCUT2D eigenvalue weighted by Gasteiger charge is -2.43. The molecule has 2 aromatic carbocycles. The first-order chi connectivity index (χ1) is 19.6. The predicted octanol–water partition coefficient (Wildman–Crippen LogP) is 3.02. The van der Waals surface area contributed by atoms with Gasteiger partial charge in [0.15, 0.2) is 0 Å². The van der Waals surface area contributed by atoms with Gasteiger partial charge in [-0.1, -0.05) is 41.6 Å². The summed E-state index contributed by atoms with van der Waals surface area (Å²) in [4.78, 5) is 16.0. The second-order valence-electron chi connectivity index (χ2n) is 11.5. The summed E-state index contributed by atoms with van der Waals surface area (Å²) >= 11 is 0. The third-order valence-electron chi connectivity index (χ3n) is 8.78. The number of aryl methyl sites for hydroxylation is 2. The van der Waals surface area contributed by atoms with Crippen LogP contribution < -0.4 is 10.1 Å². The van der Waals surface area contributed by atoms with E-state index in [1.165, 1.54) is 0 Å². The molecule has 4 heterocycles. The Balaban J connectivity index is 1.31. The number of ether oxygens (including phenoxy) is 1. The van der Waals surface area contributed by atoms with Gasteiger partial charge in [-0.2, -0.15) is 4.31 Å². The van der Waals surface area contributed by atoms with Gasteiger partial charge in [0, 0.05) is 50.1 Å². The van der Waals surface area contributed by atoms with Crippen molar-refractivity contribution < 1.29 is 27.6 Å². The molecule has 11 heteroatoms. The van der Waals surface area contributed by atoms with E-state index in [0.29, 0.717) is 19.3 Å². The van der Waals surface area contributed by atoms with E-state index in [2.05, 4.69) is 15.4 Å². The molecule has 2 N–H and O–H groups in total. The average molecular weight is 581 g/mol. The van der Waals surface area contributed by atoms with E-state index >= 15 is 0 Å². The van der Waals surface area contributed by atoms with Gasteiger partial charge < -0.3 is 19.7 Å². The molecule has 2 fully saturated rings. The van der Waals surface area contributed by atoms with Gasteiger partial charge in [-0.3, -0.25) is 9.69 Å². The summed E-state index contributed by atoms with van der Waals surface area (Å²) in [5.74, 6) is 0.703. The summed E-state index contributed by atoms with van der Waals surface area (Å²) in [6, 6.07) is 13.8. The summed E-state index contributed by atoms with van der Waals surface area (Å²) in [7, 11) is -4.12. The van der Waals surface area contributed by atoms with Crippen molar-refractivity contribution >= 4 is 15.9 Å². The van der Waals surface area contributed by atoms with E-state index in [1.807, 2.05) is 44.2 Å². The summed E-state index contributed by atoms with van der Waals surface area (Å²) in [6.45, 7) is 6.17. The molecule has 2 saturated heterocycles. The van der Waals surface area contributed by atoms with Crippen LogP contribution in [0.1, 0.15) is 42.7 Å². The SMILES string of the molecule is Cc1noc(C)c1CN1CCC2(CCOc3cc(-c4ccccc4)ccc3S(=O)(=O)N3C[C@H](O)C[C@H]3C(=O)N2)CC1. The van der Waals surface area contributed by atoms with E-state index in [4.69, 9.17) is 9.26 Å². The Kier molecular flexibility index (Phi) is 7.39. The fourth-order valence-electron chi connectivity index (χ4n) is 6.29. The number of aliphatic hydroxyl groups excluding tert-OH is 1. The minimum atomic E-state index is -4.12. The molecule has 3 aromatic rings. The number of nitrogens with zero attached hydrogens (tertiary/aromatic N) is 3. The second kappa shape index (κ2) is 10.9. The van der Waals surface area contributed by atoms with E-state index in [1.54, 1.807) is 18.2 Å². The first-order valence-electron chi connectivity index (χ1n) is 14.1. The number of nitrogens with one attached hydrogen (secondary N) is 1. The van der Waals surface area contributed by atoms with Crippen LogP contribution in [0.5, 0.6) is 5.75 Å². The Morgan fingerprint density at radius 3 is 2.54 bits per heavy atom. The van der Waals surface area contributed by atoms with Crippen LogP contribution in [-0.4, -0.2) is 77.7 Å². The molecule has 0 bridgehead atoms. The minimum Gasteiger partial charge on any atom is -0.492 e. The average Bonchev–Trinajstić information content (AvgIpc) is 3.52. The molecule has 1 aromatic heterocycles. The number of likely N-dealkylation sites (tertiary alicyclic amines) is 1. The molecule has 0 unspecified atom stereocenters. The van der Waals surface area contributed by atoms with Gasteiger partial charge in [-0.05, 0) is 49.9 Å². The number of aliphatic hydroxyl groups is 1. The fraction of sp³-hybridized carbons (Fsp3) is 0.467. The van der Waals surface area contributed by atoms with Crippen LogP contribution in [0.2, 0.25) is 0 Å². The summed E-state index contributed by atoms with van der Waals surface area (Å²) in [5.41, 5.74) is 3.19. The van der Waals surface area contributed by atoms with Crippen LogP contribution in [-0.2, 0) is 21.4 Å².